The third-order valence-corrected chi connectivity index (χ3v) is 3.85. The summed E-state index contributed by atoms with van der Waals surface area (Å²) >= 11 is 0. The molecule has 1 saturated carbocycles. The summed E-state index contributed by atoms with van der Waals surface area (Å²) in [6, 6.07) is 9.88. The van der Waals surface area contributed by atoms with Crippen molar-refractivity contribution in [2.75, 3.05) is 12.4 Å². The number of H-pyrrole nitrogens is 1. The number of fused-ring (bicyclic) bond motifs is 1. The molecule has 0 amide bonds. The van der Waals surface area contributed by atoms with Crippen LogP contribution < -0.4 is 10.9 Å². The highest BCUT2D eigenvalue weighted by Crippen LogP contribution is 2.24. The van der Waals surface area contributed by atoms with Gasteiger partial charge in [0.15, 0.2) is 0 Å². The Morgan fingerprint density at radius 2 is 2.16 bits per heavy atom. The molecule has 1 aromatic heterocycles. The zero-order chi connectivity index (χ0) is 13.2. The van der Waals surface area contributed by atoms with E-state index in [2.05, 4.69) is 10.3 Å². The number of rotatable bonds is 3. The van der Waals surface area contributed by atoms with E-state index in [4.69, 9.17) is 4.74 Å². The number of methoxy groups -OCH3 is 1. The average Bonchev–Trinajstić information content (AvgIpc) is 2.86. The summed E-state index contributed by atoms with van der Waals surface area (Å²) in [5.41, 5.74) is -0.0486. The number of anilines is 1. The second kappa shape index (κ2) is 5.05. The van der Waals surface area contributed by atoms with E-state index in [0.29, 0.717) is 0 Å². The zero-order valence-corrected chi connectivity index (χ0v) is 11.0. The second-order valence-corrected chi connectivity index (χ2v) is 5.06. The fraction of sp³-hybridized carbons (Fsp3) is 0.400. The van der Waals surface area contributed by atoms with Crippen LogP contribution in [0.1, 0.15) is 19.3 Å². The summed E-state index contributed by atoms with van der Waals surface area (Å²) in [5.74, 6) is 0.776. The molecule has 2 aromatic rings. The van der Waals surface area contributed by atoms with E-state index in [9.17, 15) is 4.79 Å². The third-order valence-electron chi connectivity index (χ3n) is 3.85. The minimum atomic E-state index is -0.0486. The van der Waals surface area contributed by atoms with Crippen molar-refractivity contribution in [3.63, 3.8) is 0 Å². The predicted molar refractivity (Wildman–Crippen MR) is 76.6 cm³/mol. The Morgan fingerprint density at radius 3 is 3.00 bits per heavy atom. The number of aromatic nitrogens is 1. The van der Waals surface area contributed by atoms with Gasteiger partial charge in [-0.05, 0) is 36.8 Å². The van der Waals surface area contributed by atoms with Crippen LogP contribution in [-0.2, 0) is 4.74 Å². The summed E-state index contributed by atoms with van der Waals surface area (Å²) in [4.78, 5) is 14.9. The molecule has 0 bridgehead atoms. The molecule has 1 fully saturated rings. The molecule has 1 aliphatic carbocycles. The van der Waals surface area contributed by atoms with Crippen LogP contribution >= 0.6 is 0 Å². The van der Waals surface area contributed by atoms with E-state index in [0.717, 1.165) is 35.9 Å². The van der Waals surface area contributed by atoms with Crippen LogP contribution in [0.5, 0.6) is 0 Å². The molecule has 2 atom stereocenters. The van der Waals surface area contributed by atoms with Crippen LogP contribution in [0, 0.1) is 0 Å². The molecule has 0 saturated heterocycles. The Morgan fingerprint density at radius 1 is 1.32 bits per heavy atom. The molecule has 4 nitrogen and oxygen atoms in total. The molecule has 4 heteroatoms. The summed E-state index contributed by atoms with van der Waals surface area (Å²) in [6.07, 6.45) is 3.54. The lowest BCUT2D eigenvalue weighted by Crippen LogP contribution is -2.30. The summed E-state index contributed by atoms with van der Waals surface area (Å²) < 4.78 is 5.46. The Balaban J connectivity index is 1.91. The van der Waals surface area contributed by atoms with Gasteiger partial charge in [0.25, 0.3) is 5.56 Å². The number of ether oxygens (including phenoxy) is 1. The standard InChI is InChI=1S/C15H18N2O2/c1-19-13-8-4-7-12(13)16-14-9-10-5-2-3-6-11(10)15(18)17-14/h2-3,5-6,9,12-13H,4,7-8H2,1H3,(H2,16,17,18). The number of nitrogens with one attached hydrogen (secondary N) is 2. The van der Waals surface area contributed by atoms with Gasteiger partial charge in [-0.25, -0.2) is 0 Å². The van der Waals surface area contributed by atoms with Gasteiger partial charge in [-0.3, -0.25) is 4.79 Å². The first-order valence-corrected chi connectivity index (χ1v) is 6.69. The monoisotopic (exact) mass is 258 g/mol. The fourth-order valence-corrected chi connectivity index (χ4v) is 2.86. The molecule has 1 aliphatic rings. The van der Waals surface area contributed by atoms with E-state index in [1.807, 2.05) is 30.3 Å². The Bertz CT molecular complexity index is 635. The van der Waals surface area contributed by atoms with Gasteiger partial charge in [-0.2, -0.15) is 0 Å². The number of benzene rings is 1. The first-order chi connectivity index (χ1) is 9.28. The van der Waals surface area contributed by atoms with Crippen molar-refractivity contribution in [3.8, 4) is 0 Å². The van der Waals surface area contributed by atoms with Crippen LogP contribution in [0.25, 0.3) is 10.8 Å². The SMILES string of the molecule is COC1CCCC1Nc1cc2ccccc2c(=O)[nH]1. The first-order valence-electron chi connectivity index (χ1n) is 6.69. The van der Waals surface area contributed by atoms with E-state index in [1.54, 1.807) is 7.11 Å². The van der Waals surface area contributed by atoms with Crippen molar-refractivity contribution in [1.82, 2.24) is 4.98 Å². The van der Waals surface area contributed by atoms with Crippen LogP contribution in [0.15, 0.2) is 35.1 Å². The molecule has 0 spiro atoms. The van der Waals surface area contributed by atoms with E-state index >= 15 is 0 Å². The number of pyridine rings is 1. The molecule has 19 heavy (non-hydrogen) atoms. The van der Waals surface area contributed by atoms with Crippen LogP contribution in [0.2, 0.25) is 0 Å². The number of aromatic amines is 1. The Kier molecular flexibility index (Phi) is 3.25. The van der Waals surface area contributed by atoms with Gasteiger partial charge < -0.3 is 15.0 Å². The highest BCUT2D eigenvalue weighted by molar-refractivity contribution is 5.83. The first kappa shape index (κ1) is 12.2. The van der Waals surface area contributed by atoms with Crippen LogP contribution in [-0.4, -0.2) is 24.2 Å². The zero-order valence-electron chi connectivity index (χ0n) is 11.0. The van der Waals surface area contributed by atoms with Crippen molar-refractivity contribution >= 4 is 16.6 Å². The average molecular weight is 258 g/mol. The summed E-state index contributed by atoms with van der Waals surface area (Å²) in [5, 5.41) is 5.08. The maximum absolute atomic E-state index is 12.0. The molecule has 1 heterocycles. The third kappa shape index (κ3) is 2.36. The molecular formula is C15H18N2O2. The molecule has 3 rings (SSSR count). The Labute approximate surface area is 111 Å². The van der Waals surface area contributed by atoms with Crippen LogP contribution in [0.4, 0.5) is 5.82 Å². The smallest absolute Gasteiger partial charge is 0.257 e. The lowest BCUT2D eigenvalue weighted by molar-refractivity contribution is 0.101. The summed E-state index contributed by atoms with van der Waals surface area (Å²) in [6.45, 7) is 0. The Hall–Kier alpha value is -1.81. The molecule has 0 radical (unpaired) electrons. The number of hydrogen-bond acceptors (Lipinski definition) is 3. The van der Waals surface area contributed by atoms with E-state index in [1.165, 1.54) is 0 Å². The van der Waals surface area contributed by atoms with Crippen molar-refractivity contribution in [1.29, 1.82) is 0 Å². The molecule has 1 aromatic carbocycles. The normalized spacial score (nSPS) is 22.8. The van der Waals surface area contributed by atoms with Crippen molar-refractivity contribution < 1.29 is 4.74 Å². The minimum Gasteiger partial charge on any atom is -0.379 e. The molecule has 0 aliphatic heterocycles. The van der Waals surface area contributed by atoms with Gasteiger partial charge >= 0.3 is 0 Å². The quantitative estimate of drug-likeness (QED) is 0.889. The predicted octanol–water partition coefficient (Wildman–Crippen LogP) is 2.51. The molecule has 2 N–H and O–H groups in total. The molecule has 2 unspecified atom stereocenters. The molecule has 100 valence electrons. The van der Waals surface area contributed by atoms with Gasteiger partial charge in [0, 0.05) is 12.5 Å². The number of hydrogen-bond donors (Lipinski definition) is 2. The van der Waals surface area contributed by atoms with Gasteiger partial charge in [0.2, 0.25) is 0 Å². The lowest BCUT2D eigenvalue weighted by Gasteiger charge is -2.20. The van der Waals surface area contributed by atoms with Gasteiger partial charge in [-0.15, -0.1) is 0 Å². The van der Waals surface area contributed by atoms with Crippen LogP contribution in [0.3, 0.4) is 0 Å². The maximum atomic E-state index is 12.0. The van der Waals surface area contributed by atoms with Gasteiger partial charge in [0.1, 0.15) is 5.82 Å². The summed E-state index contributed by atoms with van der Waals surface area (Å²) in [7, 11) is 1.74. The topological polar surface area (TPSA) is 54.1 Å². The second-order valence-electron chi connectivity index (χ2n) is 5.06. The highest BCUT2D eigenvalue weighted by Gasteiger charge is 2.27. The lowest BCUT2D eigenvalue weighted by atomic mass is 10.1. The highest BCUT2D eigenvalue weighted by atomic mass is 16.5. The minimum absolute atomic E-state index is 0.0486. The largest absolute Gasteiger partial charge is 0.379 e. The van der Waals surface area contributed by atoms with Crippen molar-refractivity contribution in [2.45, 2.75) is 31.4 Å². The van der Waals surface area contributed by atoms with Crippen molar-refractivity contribution in [2.24, 2.45) is 0 Å². The van der Waals surface area contributed by atoms with Gasteiger partial charge in [-0.1, -0.05) is 18.2 Å². The van der Waals surface area contributed by atoms with Gasteiger partial charge in [0.05, 0.1) is 12.1 Å². The van der Waals surface area contributed by atoms with Crippen molar-refractivity contribution in [3.05, 3.63) is 40.7 Å². The maximum Gasteiger partial charge on any atom is 0.257 e. The molecular weight excluding hydrogens is 240 g/mol. The van der Waals surface area contributed by atoms with E-state index < -0.39 is 0 Å². The fourth-order valence-electron chi connectivity index (χ4n) is 2.86. The van der Waals surface area contributed by atoms with E-state index in [-0.39, 0.29) is 17.7 Å².